The lowest BCUT2D eigenvalue weighted by atomic mass is 10.0. The highest BCUT2D eigenvalue weighted by molar-refractivity contribution is 7.47. The lowest BCUT2D eigenvalue weighted by Gasteiger charge is -2.20. The van der Waals surface area contributed by atoms with E-state index in [1.54, 1.807) is 0 Å². The van der Waals surface area contributed by atoms with Gasteiger partial charge in [0.15, 0.2) is 0 Å². The van der Waals surface area contributed by atoms with Crippen LogP contribution in [0, 0.1) is 0 Å². The van der Waals surface area contributed by atoms with Gasteiger partial charge in [0.1, 0.15) is 6.10 Å². The molecule has 0 saturated carbocycles. The molecule has 0 radical (unpaired) electrons. The molecule has 0 aromatic rings. The Morgan fingerprint density at radius 3 is 1.40 bits per heavy atom. The maximum absolute atomic E-state index is 12.6. The first-order chi connectivity index (χ1) is 27.9. The van der Waals surface area contributed by atoms with Gasteiger partial charge in [-0.3, -0.25) is 13.8 Å². The van der Waals surface area contributed by atoms with Gasteiger partial charge in [0.05, 0.1) is 19.8 Å². The van der Waals surface area contributed by atoms with E-state index in [0.29, 0.717) is 13.0 Å². The molecule has 338 valence electrons. The second-order valence-corrected chi connectivity index (χ2v) is 17.8. The minimum atomic E-state index is -4.28. The van der Waals surface area contributed by atoms with Crippen LogP contribution in [-0.4, -0.2) is 49.9 Å². The van der Waals surface area contributed by atoms with Crippen molar-refractivity contribution in [2.45, 2.75) is 245 Å². The summed E-state index contributed by atoms with van der Waals surface area (Å²) in [6.45, 7) is 4.92. The molecular weight excluding hydrogens is 734 g/mol. The van der Waals surface area contributed by atoms with Crippen LogP contribution in [0.3, 0.4) is 0 Å². The minimum absolute atomic E-state index is 0.0954. The van der Waals surface area contributed by atoms with E-state index in [2.05, 4.69) is 38.2 Å². The molecule has 0 heterocycles. The maximum atomic E-state index is 12.6. The molecule has 0 aromatic carbocycles. The van der Waals surface area contributed by atoms with Crippen LogP contribution in [-0.2, 0) is 27.9 Å². The van der Waals surface area contributed by atoms with Gasteiger partial charge < -0.3 is 20.1 Å². The molecule has 0 aliphatic heterocycles. The Hall–Kier alpha value is -1.02. The van der Waals surface area contributed by atoms with Crippen LogP contribution in [0.25, 0.3) is 0 Å². The molecule has 0 saturated heterocycles. The molecule has 0 bridgehead atoms. The van der Waals surface area contributed by atoms with E-state index in [4.69, 9.17) is 24.3 Å². The molecule has 2 atom stereocenters. The number of rotatable bonds is 47. The summed E-state index contributed by atoms with van der Waals surface area (Å²) < 4.78 is 33.5. The van der Waals surface area contributed by atoms with E-state index in [1.165, 1.54) is 173 Å². The molecule has 0 fully saturated rings. The summed E-state index contributed by atoms with van der Waals surface area (Å²) >= 11 is 0. The van der Waals surface area contributed by atoms with Gasteiger partial charge in [0.25, 0.3) is 0 Å². The van der Waals surface area contributed by atoms with Gasteiger partial charge >= 0.3 is 13.8 Å². The molecule has 0 aliphatic carbocycles. The molecule has 2 unspecified atom stereocenters. The Kier molecular flexibility index (Phi) is 45.2. The number of ether oxygens (including phenoxy) is 2. The number of phosphoric ester groups is 1. The third-order valence-corrected chi connectivity index (χ3v) is 11.6. The van der Waals surface area contributed by atoms with Gasteiger partial charge in [-0.1, -0.05) is 212 Å². The molecule has 9 heteroatoms. The first kappa shape index (κ1) is 56.0. The van der Waals surface area contributed by atoms with Crippen molar-refractivity contribution in [3.63, 3.8) is 0 Å². The second-order valence-electron chi connectivity index (χ2n) is 16.3. The lowest BCUT2D eigenvalue weighted by molar-refractivity contribution is -0.154. The summed E-state index contributed by atoms with van der Waals surface area (Å²) in [6.07, 6.45) is 52.1. The lowest BCUT2D eigenvalue weighted by Crippen LogP contribution is -2.28. The highest BCUT2D eigenvalue weighted by atomic mass is 31.2. The van der Waals surface area contributed by atoms with Crippen LogP contribution >= 0.6 is 7.82 Å². The molecule has 0 rings (SSSR count). The number of nitrogens with two attached hydrogens (primary N) is 1. The maximum Gasteiger partial charge on any atom is 0.472 e. The van der Waals surface area contributed by atoms with E-state index in [0.717, 1.165) is 44.9 Å². The number of allylic oxidation sites excluding steroid dienone is 4. The predicted molar refractivity (Wildman–Crippen MR) is 243 cm³/mol. The van der Waals surface area contributed by atoms with Crippen LogP contribution in [0.4, 0.5) is 0 Å². The number of hydrogen-bond acceptors (Lipinski definition) is 7. The Morgan fingerprint density at radius 1 is 0.526 bits per heavy atom. The number of esters is 1. The molecule has 0 spiro atoms. The molecule has 0 amide bonds. The van der Waals surface area contributed by atoms with Crippen molar-refractivity contribution in [3.8, 4) is 0 Å². The van der Waals surface area contributed by atoms with Gasteiger partial charge in [0, 0.05) is 19.6 Å². The summed E-state index contributed by atoms with van der Waals surface area (Å²) in [4.78, 5) is 22.5. The van der Waals surface area contributed by atoms with Crippen molar-refractivity contribution in [1.82, 2.24) is 0 Å². The normalized spacial score (nSPS) is 13.5. The van der Waals surface area contributed by atoms with Crippen molar-refractivity contribution in [3.05, 3.63) is 24.3 Å². The summed E-state index contributed by atoms with van der Waals surface area (Å²) in [7, 11) is -4.28. The van der Waals surface area contributed by atoms with Gasteiger partial charge in [-0.15, -0.1) is 0 Å². The molecule has 57 heavy (non-hydrogen) atoms. The largest absolute Gasteiger partial charge is 0.472 e. The van der Waals surface area contributed by atoms with Gasteiger partial charge in [-0.05, 0) is 44.9 Å². The first-order valence-electron chi connectivity index (χ1n) is 24.3. The predicted octanol–water partition coefficient (Wildman–Crippen LogP) is 14.8. The van der Waals surface area contributed by atoms with E-state index in [1.807, 2.05) is 0 Å². The quantitative estimate of drug-likeness (QED) is 0.0270. The average molecular weight is 828 g/mol. The monoisotopic (exact) mass is 828 g/mol. The summed E-state index contributed by atoms with van der Waals surface area (Å²) in [5.74, 6) is -0.329. The fourth-order valence-electron chi connectivity index (χ4n) is 7.03. The number of carbonyl (C=O) groups excluding carboxylic acids is 1. The zero-order valence-corrected chi connectivity index (χ0v) is 38.5. The Labute approximate surface area is 353 Å². The van der Waals surface area contributed by atoms with Crippen molar-refractivity contribution in [2.75, 3.05) is 33.0 Å². The topological polar surface area (TPSA) is 117 Å². The third kappa shape index (κ3) is 45.9. The Balaban J connectivity index is 3.93. The summed E-state index contributed by atoms with van der Waals surface area (Å²) in [5, 5.41) is 0. The fraction of sp³-hybridized carbons (Fsp3) is 0.896. The highest BCUT2D eigenvalue weighted by Crippen LogP contribution is 2.43. The second kappa shape index (κ2) is 46.1. The highest BCUT2D eigenvalue weighted by Gasteiger charge is 2.25. The number of unbranched alkanes of at least 4 members (excludes halogenated alkanes) is 30. The number of hydrogen-bond donors (Lipinski definition) is 2. The molecule has 8 nitrogen and oxygen atoms in total. The van der Waals surface area contributed by atoms with Gasteiger partial charge in [0.2, 0.25) is 0 Å². The van der Waals surface area contributed by atoms with Crippen LogP contribution in [0.2, 0.25) is 0 Å². The molecule has 0 aliphatic rings. The average Bonchev–Trinajstić information content (AvgIpc) is 3.20. The number of carbonyl (C=O) groups is 1. The van der Waals surface area contributed by atoms with E-state index >= 15 is 0 Å². The van der Waals surface area contributed by atoms with Crippen molar-refractivity contribution in [2.24, 2.45) is 5.73 Å². The summed E-state index contributed by atoms with van der Waals surface area (Å²) in [5.41, 5.74) is 5.38. The van der Waals surface area contributed by atoms with Crippen molar-refractivity contribution >= 4 is 13.8 Å². The van der Waals surface area contributed by atoms with E-state index < -0.39 is 13.9 Å². The van der Waals surface area contributed by atoms with Crippen LogP contribution in [0.1, 0.15) is 239 Å². The first-order valence-corrected chi connectivity index (χ1v) is 25.8. The molecule has 0 aromatic heterocycles. The van der Waals surface area contributed by atoms with Crippen molar-refractivity contribution < 1.29 is 32.8 Å². The Morgan fingerprint density at radius 2 is 0.930 bits per heavy atom. The number of phosphoric acid groups is 1. The zero-order chi connectivity index (χ0) is 41.6. The van der Waals surface area contributed by atoms with Gasteiger partial charge in [-0.2, -0.15) is 0 Å². The Bertz CT molecular complexity index is 930. The van der Waals surface area contributed by atoms with Crippen LogP contribution in [0.5, 0.6) is 0 Å². The van der Waals surface area contributed by atoms with E-state index in [9.17, 15) is 14.3 Å². The zero-order valence-electron chi connectivity index (χ0n) is 37.6. The van der Waals surface area contributed by atoms with E-state index in [-0.39, 0.29) is 32.3 Å². The fourth-order valence-corrected chi connectivity index (χ4v) is 7.79. The SMILES string of the molecule is CCCCC/C=C\C/C=C\CCCCCCCCOCC(COP(=O)(O)OCCN)OC(=O)CCCCCCCCCCCCCCCCCCCCCCCC. The van der Waals surface area contributed by atoms with Crippen LogP contribution < -0.4 is 5.73 Å². The van der Waals surface area contributed by atoms with Crippen molar-refractivity contribution in [1.29, 1.82) is 0 Å². The standard InChI is InChI=1S/C48H94NO7P/c1-3-5-7-9-11-13-15-17-19-21-22-23-24-25-26-27-29-31-33-35-37-39-41-48(50)56-47(46-55-57(51,52)54-44-42-49)45-53-43-40-38-36-34-32-30-28-20-18-16-14-12-10-8-6-4-2/h12,14,18,20,47H,3-11,13,15-17,19,21-46,49H2,1-2H3,(H,51,52)/b14-12-,20-18-. The molecular formula is C48H94NO7P. The van der Waals surface area contributed by atoms with Crippen LogP contribution in [0.15, 0.2) is 24.3 Å². The minimum Gasteiger partial charge on any atom is -0.457 e. The molecule has 3 N–H and O–H groups in total. The van der Waals surface area contributed by atoms with Gasteiger partial charge in [-0.25, -0.2) is 4.57 Å². The summed E-state index contributed by atoms with van der Waals surface area (Å²) in [6, 6.07) is 0. The smallest absolute Gasteiger partial charge is 0.457 e. The third-order valence-electron chi connectivity index (χ3n) is 10.6.